The van der Waals surface area contributed by atoms with E-state index in [1.807, 2.05) is 30.5 Å². The van der Waals surface area contributed by atoms with Crippen LogP contribution in [-0.4, -0.2) is 17.4 Å². The molecule has 3 nitrogen and oxygen atoms in total. The first-order valence-corrected chi connectivity index (χ1v) is 8.02. The maximum atomic E-state index is 12.1. The van der Waals surface area contributed by atoms with Crippen LogP contribution < -0.4 is 5.32 Å². The fourth-order valence-electron chi connectivity index (χ4n) is 2.52. The Morgan fingerprint density at radius 3 is 2.76 bits per heavy atom. The molecule has 0 spiro atoms. The third kappa shape index (κ3) is 4.92. The second-order valence-electron chi connectivity index (χ2n) is 6.13. The molecule has 0 aliphatic heterocycles. The molecule has 1 amide bonds. The Morgan fingerprint density at radius 1 is 1.14 bits per heavy atom. The van der Waals surface area contributed by atoms with Crippen molar-refractivity contribution in [1.29, 1.82) is 0 Å². The van der Waals surface area contributed by atoms with Gasteiger partial charge in [0.2, 0.25) is 0 Å². The number of H-pyrrole nitrogens is 1. The third-order valence-corrected chi connectivity index (χ3v) is 3.81. The molecule has 1 aromatic carbocycles. The number of aromatic nitrogens is 1. The van der Waals surface area contributed by atoms with Gasteiger partial charge in [-0.2, -0.15) is 0 Å². The molecule has 21 heavy (non-hydrogen) atoms. The van der Waals surface area contributed by atoms with Crippen molar-refractivity contribution in [2.45, 2.75) is 46.0 Å². The van der Waals surface area contributed by atoms with Crippen LogP contribution in [0.3, 0.4) is 0 Å². The third-order valence-electron chi connectivity index (χ3n) is 3.81. The van der Waals surface area contributed by atoms with Gasteiger partial charge in [-0.25, -0.2) is 0 Å². The lowest BCUT2D eigenvalue weighted by molar-refractivity contribution is 0.0953. The van der Waals surface area contributed by atoms with Crippen LogP contribution in [0.4, 0.5) is 0 Å². The van der Waals surface area contributed by atoms with Crippen LogP contribution in [0.2, 0.25) is 0 Å². The Bertz CT molecular complexity index is 571. The molecule has 114 valence electrons. The van der Waals surface area contributed by atoms with Gasteiger partial charge in [0.05, 0.1) is 0 Å². The maximum Gasteiger partial charge on any atom is 0.251 e. The van der Waals surface area contributed by atoms with E-state index in [9.17, 15) is 4.79 Å². The van der Waals surface area contributed by atoms with Gasteiger partial charge in [-0.15, -0.1) is 0 Å². The van der Waals surface area contributed by atoms with E-state index in [-0.39, 0.29) is 5.91 Å². The minimum Gasteiger partial charge on any atom is -0.361 e. The molecule has 3 heteroatoms. The van der Waals surface area contributed by atoms with E-state index in [0.29, 0.717) is 0 Å². The largest absolute Gasteiger partial charge is 0.361 e. The number of carbonyl (C=O) groups is 1. The van der Waals surface area contributed by atoms with Crippen molar-refractivity contribution in [2.24, 2.45) is 5.92 Å². The fourth-order valence-corrected chi connectivity index (χ4v) is 2.52. The van der Waals surface area contributed by atoms with Crippen LogP contribution >= 0.6 is 0 Å². The number of aromatic amines is 1. The van der Waals surface area contributed by atoms with E-state index in [4.69, 9.17) is 0 Å². The first kappa shape index (κ1) is 15.6. The van der Waals surface area contributed by atoms with Gasteiger partial charge in [0.25, 0.3) is 5.91 Å². The SMILES string of the molecule is CC(C)CCCCCCNC(=O)c1ccc2cc[nH]c2c1. The second kappa shape index (κ2) is 7.87. The predicted octanol–water partition coefficient (Wildman–Crippen LogP) is 4.50. The van der Waals surface area contributed by atoms with Gasteiger partial charge in [0.1, 0.15) is 0 Å². The number of carbonyl (C=O) groups excluding carboxylic acids is 1. The molecular weight excluding hydrogens is 260 g/mol. The highest BCUT2D eigenvalue weighted by molar-refractivity contribution is 5.97. The highest BCUT2D eigenvalue weighted by atomic mass is 16.1. The van der Waals surface area contributed by atoms with Crippen LogP contribution in [0.25, 0.3) is 10.9 Å². The Hall–Kier alpha value is -1.77. The lowest BCUT2D eigenvalue weighted by Crippen LogP contribution is -2.24. The average Bonchev–Trinajstić information content (AvgIpc) is 2.93. The normalized spacial score (nSPS) is 11.2. The van der Waals surface area contributed by atoms with Gasteiger partial charge in [0.15, 0.2) is 0 Å². The molecule has 1 heterocycles. The van der Waals surface area contributed by atoms with E-state index in [0.717, 1.165) is 35.3 Å². The molecule has 1 aromatic heterocycles. The van der Waals surface area contributed by atoms with Gasteiger partial charge < -0.3 is 10.3 Å². The summed E-state index contributed by atoms with van der Waals surface area (Å²) in [6, 6.07) is 7.78. The molecule has 2 rings (SSSR count). The zero-order chi connectivity index (χ0) is 15.1. The van der Waals surface area contributed by atoms with Gasteiger partial charge in [0, 0.05) is 23.8 Å². The zero-order valence-electron chi connectivity index (χ0n) is 13.1. The molecule has 0 atom stereocenters. The minimum atomic E-state index is 0.0219. The Kier molecular flexibility index (Phi) is 5.85. The summed E-state index contributed by atoms with van der Waals surface area (Å²) in [6.45, 7) is 5.30. The van der Waals surface area contributed by atoms with Crippen LogP contribution in [0.15, 0.2) is 30.5 Å². The standard InChI is InChI=1S/C18H26N2O/c1-14(2)7-5-3-4-6-11-20-18(21)16-9-8-15-10-12-19-17(15)13-16/h8-10,12-14,19H,3-7,11H2,1-2H3,(H,20,21). The summed E-state index contributed by atoms with van der Waals surface area (Å²) in [5.41, 5.74) is 1.74. The molecular formula is C18H26N2O. The van der Waals surface area contributed by atoms with Crippen molar-refractivity contribution >= 4 is 16.8 Å². The number of benzene rings is 1. The number of hydrogen-bond acceptors (Lipinski definition) is 1. The van der Waals surface area contributed by atoms with E-state index in [2.05, 4.69) is 24.1 Å². The molecule has 0 saturated carbocycles. The smallest absolute Gasteiger partial charge is 0.251 e. The lowest BCUT2D eigenvalue weighted by atomic mass is 10.0. The van der Waals surface area contributed by atoms with Crippen LogP contribution in [0.5, 0.6) is 0 Å². The monoisotopic (exact) mass is 286 g/mol. The summed E-state index contributed by atoms with van der Waals surface area (Å²) in [5.74, 6) is 0.821. The minimum absolute atomic E-state index is 0.0219. The summed E-state index contributed by atoms with van der Waals surface area (Å²) in [7, 11) is 0. The van der Waals surface area contributed by atoms with Crippen LogP contribution in [-0.2, 0) is 0 Å². The highest BCUT2D eigenvalue weighted by Gasteiger charge is 2.06. The van der Waals surface area contributed by atoms with E-state index in [1.54, 1.807) is 0 Å². The molecule has 0 unspecified atom stereocenters. The summed E-state index contributed by atoms with van der Waals surface area (Å²) >= 11 is 0. The molecule has 0 radical (unpaired) electrons. The highest BCUT2D eigenvalue weighted by Crippen LogP contribution is 2.14. The van der Waals surface area contributed by atoms with Crippen LogP contribution in [0.1, 0.15) is 56.3 Å². The Balaban J connectivity index is 1.67. The Labute approximate surface area is 127 Å². The quantitative estimate of drug-likeness (QED) is 0.689. The van der Waals surface area contributed by atoms with Crippen molar-refractivity contribution < 1.29 is 4.79 Å². The van der Waals surface area contributed by atoms with E-state index < -0.39 is 0 Å². The predicted molar refractivity (Wildman–Crippen MR) is 88.6 cm³/mol. The number of fused-ring (bicyclic) bond motifs is 1. The molecule has 0 aliphatic carbocycles. The topological polar surface area (TPSA) is 44.9 Å². The van der Waals surface area contributed by atoms with E-state index in [1.165, 1.54) is 25.7 Å². The zero-order valence-corrected chi connectivity index (χ0v) is 13.1. The summed E-state index contributed by atoms with van der Waals surface area (Å²) in [4.78, 5) is 15.2. The molecule has 2 N–H and O–H groups in total. The number of rotatable bonds is 8. The average molecular weight is 286 g/mol. The number of nitrogens with one attached hydrogen (secondary N) is 2. The number of unbranched alkanes of at least 4 members (excludes halogenated alkanes) is 3. The summed E-state index contributed by atoms with van der Waals surface area (Å²) in [6.07, 6.45) is 8.03. The molecule has 0 saturated heterocycles. The molecule has 2 aromatic rings. The van der Waals surface area contributed by atoms with E-state index >= 15 is 0 Å². The summed E-state index contributed by atoms with van der Waals surface area (Å²) < 4.78 is 0. The van der Waals surface area contributed by atoms with Crippen molar-refractivity contribution in [3.05, 3.63) is 36.0 Å². The van der Waals surface area contributed by atoms with Gasteiger partial charge in [-0.1, -0.05) is 45.6 Å². The molecule has 0 aliphatic rings. The van der Waals surface area contributed by atoms with Gasteiger partial charge >= 0.3 is 0 Å². The number of amides is 1. The molecule has 0 bridgehead atoms. The van der Waals surface area contributed by atoms with Crippen LogP contribution in [0, 0.1) is 5.92 Å². The van der Waals surface area contributed by atoms with Gasteiger partial charge in [-0.05, 0) is 35.9 Å². The van der Waals surface area contributed by atoms with Crippen molar-refractivity contribution in [1.82, 2.24) is 10.3 Å². The van der Waals surface area contributed by atoms with Crippen molar-refractivity contribution in [3.8, 4) is 0 Å². The lowest BCUT2D eigenvalue weighted by Gasteiger charge is -2.06. The molecule has 0 fully saturated rings. The van der Waals surface area contributed by atoms with Crippen molar-refractivity contribution in [3.63, 3.8) is 0 Å². The number of hydrogen-bond donors (Lipinski definition) is 2. The van der Waals surface area contributed by atoms with Gasteiger partial charge in [-0.3, -0.25) is 4.79 Å². The van der Waals surface area contributed by atoms with Crippen molar-refractivity contribution in [2.75, 3.05) is 6.54 Å². The Morgan fingerprint density at radius 2 is 1.95 bits per heavy atom. The first-order chi connectivity index (χ1) is 10.2. The second-order valence-corrected chi connectivity index (χ2v) is 6.13. The maximum absolute atomic E-state index is 12.1. The summed E-state index contributed by atoms with van der Waals surface area (Å²) in [5, 5.41) is 4.14. The fraction of sp³-hybridized carbons (Fsp3) is 0.500. The first-order valence-electron chi connectivity index (χ1n) is 8.02.